The van der Waals surface area contributed by atoms with E-state index in [0.717, 1.165) is 19.4 Å². The Labute approximate surface area is 124 Å². The van der Waals surface area contributed by atoms with Gasteiger partial charge < -0.3 is 10.6 Å². The molecular weight excluding hydrogens is 274 g/mol. The number of hydrogen-bond donors (Lipinski definition) is 1. The van der Waals surface area contributed by atoms with Crippen LogP contribution in [0.3, 0.4) is 0 Å². The Morgan fingerprint density at radius 1 is 1.33 bits per heavy atom. The van der Waals surface area contributed by atoms with Gasteiger partial charge in [0.05, 0.1) is 0 Å². The zero-order valence-electron chi connectivity index (χ0n) is 12.2. The highest BCUT2D eigenvalue weighted by Crippen LogP contribution is 2.23. The van der Waals surface area contributed by atoms with Crippen LogP contribution in [0.4, 0.5) is 8.78 Å². The largest absolute Gasteiger partial charge is 0.342 e. The van der Waals surface area contributed by atoms with Crippen molar-refractivity contribution in [3.05, 3.63) is 35.4 Å². The van der Waals surface area contributed by atoms with Gasteiger partial charge in [0.1, 0.15) is 11.6 Å². The summed E-state index contributed by atoms with van der Waals surface area (Å²) in [5.41, 5.74) is 5.56. The number of carbonyl (C=O) groups is 1. The first-order valence-corrected chi connectivity index (χ1v) is 7.52. The molecule has 1 heterocycles. The first kappa shape index (κ1) is 15.9. The Balaban J connectivity index is 1.90. The second-order valence-corrected chi connectivity index (χ2v) is 5.63. The lowest BCUT2D eigenvalue weighted by molar-refractivity contribution is -0.132. The number of likely N-dealkylation sites (tertiary alicyclic amines) is 1. The van der Waals surface area contributed by atoms with Crippen molar-refractivity contribution in [2.24, 2.45) is 11.7 Å². The van der Waals surface area contributed by atoms with Crippen molar-refractivity contribution in [1.82, 2.24) is 4.90 Å². The summed E-state index contributed by atoms with van der Waals surface area (Å²) in [7, 11) is 0. The Morgan fingerprint density at radius 2 is 2.05 bits per heavy atom. The minimum atomic E-state index is -0.484. The summed E-state index contributed by atoms with van der Waals surface area (Å²) in [5.74, 6) is -0.581. The summed E-state index contributed by atoms with van der Waals surface area (Å²) >= 11 is 0. The Bertz CT molecular complexity index is 473. The number of benzene rings is 1. The van der Waals surface area contributed by atoms with Crippen LogP contribution in [-0.4, -0.2) is 30.4 Å². The lowest BCUT2D eigenvalue weighted by Crippen LogP contribution is -2.40. The smallest absolute Gasteiger partial charge is 0.223 e. The highest BCUT2D eigenvalue weighted by molar-refractivity contribution is 5.76. The molecule has 2 rings (SSSR count). The van der Waals surface area contributed by atoms with Gasteiger partial charge in [-0.05, 0) is 43.7 Å². The first-order chi connectivity index (χ1) is 10.1. The fourth-order valence-corrected chi connectivity index (χ4v) is 2.93. The number of amides is 1. The molecule has 3 nitrogen and oxygen atoms in total. The molecule has 5 heteroatoms. The van der Waals surface area contributed by atoms with Gasteiger partial charge in [0.15, 0.2) is 0 Å². The average molecular weight is 296 g/mol. The molecule has 0 unspecified atom stereocenters. The van der Waals surface area contributed by atoms with Crippen molar-refractivity contribution in [2.75, 3.05) is 19.6 Å². The fraction of sp³-hybridized carbons (Fsp3) is 0.562. The molecule has 2 N–H and O–H groups in total. The second-order valence-electron chi connectivity index (χ2n) is 5.63. The number of piperidine rings is 1. The molecular formula is C16H22F2N2O. The van der Waals surface area contributed by atoms with Crippen LogP contribution >= 0.6 is 0 Å². The van der Waals surface area contributed by atoms with E-state index in [0.29, 0.717) is 38.3 Å². The van der Waals surface area contributed by atoms with Gasteiger partial charge in [0, 0.05) is 31.6 Å². The zero-order valence-corrected chi connectivity index (χ0v) is 12.2. The van der Waals surface area contributed by atoms with Crippen LogP contribution in [0.2, 0.25) is 0 Å². The molecule has 0 spiro atoms. The van der Waals surface area contributed by atoms with Crippen molar-refractivity contribution in [2.45, 2.75) is 32.1 Å². The van der Waals surface area contributed by atoms with Crippen LogP contribution < -0.4 is 5.73 Å². The van der Waals surface area contributed by atoms with Gasteiger partial charge in [0.2, 0.25) is 5.91 Å². The van der Waals surface area contributed by atoms with Crippen LogP contribution in [0.5, 0.6) is 0 Å². The molecule has 1 aliphatic rings. The third-order valence-corrected chi connectivity index (χ3v) is 4.09. The summed E-state index contributed by atoms with van der Waals surface area (Å²) < 4.78 is 27.2. The molecule has 0 saturated carbocycles. The number of nitrogens with zero attached hydrogens (tertiary/aromatic N) is 1. The van der Waals surface area contributed by atoms with Crippen molar-refractivity contribution < 1.29 is 13.6 Å². The van der Waals surface area contributed by atoms with Crippen molar-refractivity contribution >= 4 is 5.91 Å². The second kappa shape index (κ2) is 7.50. The van der Waals surface area contributed by atoms with E-state index in [1.54, 1.807) is 0 Å². The van der Waals surface area contributed by atoms with Crippen LogP contribution in [0.15, 0.2) is 18.2 Å². The number of nitrogens with two attached hydrogens (primary N) is 1. The predicted molar refractivity (Wildman–Crippen MR) is 77.7 cm³/mol. The molecule has 116 valence electrons. The molecule has 0 radical (unpaired) electrons. The van der Waals surface area contributed by atoms with Gasteiger partial charge in [-0.15, -0.1) is 0 Å². The minimum Gasteiger partial charge on any atom is -0.342 e. The summed E-state index contributed by atoms with van der Waals surface area (Å²) in [5, 5.41) is 0. The summed E-state index contributed by atoms with van der Waals surface area (Å²) in [6.45, 7) is 1.80. The van der Waals surface area contributed by atoms with Gasteiger partial charge in [0.25, 0.3) is 0 Å². The van der Waals surface area contributed by atoms with Crippen molar-refractivity contribution in [3.63, 3.8) is 0 Å². The van der Waals surface area contributed by atoms with Crippen LogP contribution in [0, 0.1) is 17.6 Å². The molecule has 1 aromatic carbocycles. The quantitative estimate of drug-likeness (QED) is 0.907. The highest BCUT2D eigenvalue weighted by Gasteiger charge is 2.23. The van der Waals surface area contributed by atoms with Crippen LogP contribution in [-0.2, 0) is 11.2 Å². The topological polar surface area (TPSA) is 46.3 Å². The van der Waals surface area contributed by atoms with Gasteiger partial charge in [-0.2, -0.15) is 0 Å². The molecule has 1 aromatic rings. The minimum absolute atomic E-state index is 0.0827. The number of halogens is 2. The van der Waals surface area contributed by atoms with Crippen LogP contribution in [0.1, 0.15) is 31.2 Å². The monoisotopic (exact) mass is 296 g/mol. The molecule has 1 aliphatic heterocycles. The molecule has 1 amide bonds. The van der Waals surface area contributed by atoms with E-state index in [2.05, 4.69) is 0 Å². The molecule has 1 atom stereocenters. The van der Waals surface area contributed by atoms with Crippen molar-refractivity contribution in [1.29, 1.82) is 0 Å². The SMILES string of the molecule is NCCC(=O)N1CCC[C@@H](CCc2c(F)cccc2F)C1. The predicted octanol–water partition coefficient (Wildman–Crippen LogP) is 2.48. The summed E-state index contributed by atoms with van der Waals surface area (Å²) in [6, 6.07) is 3.95. The summed E-state index contributed by atoms with van der Waals surface area (Å²) in [4.78, 5) is 13.7. The maximum atomic E-state index is 13.6. The summed E-state index contributed by atoms with van der Waals surface area (Å²) in [6.07, 6.45) is 3.39. The van der Waals surface area contributed by atoms with E-state index in [4.69, 9.17) is 5.73 Å². The van der Waals surface area contributed by atoms with Gasteiger partial charge in [-0.3, -0.25) is 4.79 Å². The third kappa shape index (κ3) is 4.24. The molecule has 1 saturated heterocycles. The zero-order chi connectivity index (χ0) is 15.2. The van der Waals surface area contributed by atoms with E-state index in [9.17, 15) is 13.6 Å². The fourth-order valence-electron chi connectivity index (χ4n) is 2.93. The normalized spacial score (nSPS) is 18.8. The van der Waals surface area contributed by atoms with E-state index in [1.165, 1.54) is 18.2 Å². The lowest BCUT2D eigenvalue weighted by atomic mass is 9.91. The number of hydrogen-bond acceptors (Lipinski definition) is 2. The van der Waals surface area contributed by atoms with Gasteiger partial charge in [-0.1, -0.05) is 6.07 Å². The molecule has 0 aromatic heterocycles. The van der Waals surface area contributed by atoms with Crippen molar-refractivity contribution in [3.8, 4) is 0 Å². The van der Waals surface area contributed by atoms with E-state index >= 15 is 0 Å². The standard InChI is InChI=1S/C16H22F2N2O/c17-14-4-1-5-15(18)13(14)7-6-12-3-2-10-20(11-12)16(21)8-9-19/h1,4-5,12H,2-3,6-11,19H2/t12-/m0/s1. The number of rotatable bonds is 5. The Morgan fingerprint density at radius 3 is 2.71 bits per heavy atom. The van der Waals surface area contributed by atoms with E-state index < -0.39 is 11.6 Å². The maximum absolute atomic E-state index is 13.6. The van der Waals surface area contributed by atoms with Gasteiger partial charge in [-0.25, -0.2) is 8.78 Å². The maximum Gasteiger partial charge on any atom is 0.223 e. The molecule has 0 aliphatic carbocycles. The first-order valence-electron chi connectivity index (χ1n) is 7.52. The molecule has 0 bridgehead atoms. The Hall–Kier alpha value is -1.49. The highest BCUT2D eigenvalue weighted by atomic mass is 19.1. The molecule has 1 fully saturated rings. The Kier molecular flexibility index (Phi) is 5.67. The molecule has 21 heavy (non-hydrogen) atoms. The van der Waals surface area contributed by atoms with Crippen LogP contribution in [0.25, 0.3) is 0 Å². The van der Waals surface area contributed by atoms with E-state index in [1.807, 2.05) is 4.90 Å². The lowest BCUT2D eigenvalue weighted by Gasteiger charge is -2.33. The van der Waals surface area contributed by atoms with Gasteiger partial charge >= 0.3 is 0 Å². The number of carbonyl (C=O) groups excluding carboxylic acids is 1. The average Bonchev–Trinajstić information content (AvgIpc) is 2.47. The third-order valence-electron chi connectivity index (χ3n) is 4.09. The van der Waals surface area contributed by atoms with E-state index in [-0.39, 0.29) is 11.5 Å².